The topological polar surface area (TPSA) is 64.6 Å². The van der Waals surface area contributed by atoms with Gasteiger partial charge >= 0.3 is 0 Å². The maximum absolute atomic E-state index is 11.9. The van der Waals surface area contributed by atoms with E-state index in [0.717, 1.165) is 0 Å². The number of amides is 1. The number of nitrogens with one attached hydrogen (secondary N) is 1. The quantitative estimate of drug-likeness (QED) is 0.656. The normalized spacial score (nSPS) is 10.9. The van der Waals surface area contributed by atoms with Crippen molar-refractivity contribution < 1.29 is 19.1 Å². The summed E-state index contributed by atoms with van der Waals surface area (Å²) in [6.45, 7) is 5.44. The summed E-state index contributed by atoms with van der Waals surface area (Å²) < 4.78 is 10.1. The first-order valence-corrected chi connectivity index (χ1v) is 5.91. The summed E-state index contributed by atoms with van der Waals surface area (Å²) in [4.78, 5) is 23.1. The summed E-state index contributed by atoms with van der Waals surface area (Å²) in [5.41, 5.74) is 0.199. The first-order chi connectivity index (χ1) is 8.90. The minimum absolute atomic E-state index is 0.0392. The van der Waals surface area contributed by atoms with Gasteiger partial charge in [0.05, 0.1) is 11.3 Å². The van der Waals surface area contributed by atoms with Gasteiger partial charge in [-0.3, -0.25) is 9.59 Å². The van der Waals surface area contributed by atoms with Crippen molar-refractivity contribution in [2.75, 3.05) is 19.2 Å². The van der Waals surface area contributed by atoms with Crippen LogP contribution in [0.5, 0.6) is 5.75 Å². The molecule has 0 aliphatic carbocycles. The van der Waals surface area contributed by atoms with E-state index in [0.29, 0.717) is 23.3 Å². The van der Waals surface area contributed by atoms with Crippen LogP contribution in [0, 0.1) is 5.41 Å². The maximum Gasteiger partial charge on any atom is 0.229 e. The first-order valence-electron chi connectivity index (χ1n) is 5.91. The van der Waals surface area contributed by atoms with Gasteiger partial charge in [0.1, 0.15) is 5.75 Å². The SMILES string of the molecule is COCOc1cccc(NC(=O)C(C)(C)C)c1C=O. The second-order valence-corrected chi connectivity index (χ2v) is 5.09. The Labute approximate surface area is 112 Å². The molecule has 0 aliphatic heterocycles. The number of methoxy groups -OCH3 is 1. The smallest absolute Gasteiger partial charge is 0.229 e. The van der Waals surface area contributed by atoms with E-state index in [9.17, 15) is 9.59 Å². The minimum atomic E-state index is -0.538. The van der Waals surface area contributed by atoms with Gasteiger partial charge in [-0.25, -0.2) is 0 Å². The summed E-state index contributed by atoms with van der Waals surface area (Å²) in [6.07, 6.45) is 0.656. The second-order valence-electron chi connectivity index (χ2n) is 5.09. The number of hydrogen-bond acceptors (Lipinski definition) is 4. The minimum Gasteiger partial charge on any atom is -0.467 e. The van der Waals surface area contributed by atoms with Crippen LogP contribution in [-0.2, 0) is 9.53 Å². The summed E-state index contributed by atoms with van der Waals surface area (Å²) in [7, 11) is 1.49. The van der Waals surface area contributed by atoms with E-state index >= 15 is 0 Å². The van der Waals surface area contributed by atoms with Crippen LogP contribution in [0.2, 0.25) is 0 Å². The molecule has 0 spiro atoms. The summed E-state index contributed by atoms with van der Waals surface area (Å²) in [5.74, 6) is 0.211. The number of aldehydes is 1. The predicted octanol–water partition coefficient (Wildman–Crippen LogP) is 2.47. The number of carbonyl (C=O) groups excluding carboxylic acids is 2. The molecule has 0 radical (unpaired) electrons. The van der Waals surface area contributed by atoms with Gasteiger partial charge in [0, 0.05) is 12.5 Å². The highest BCUT2D eigenvalue weighted by Crippen LogP contribution is 2.26. The van der Waals surface area contributed by atoms with E-state index in [2.05, 4.69) is 5.32 Å². The molecule has 0 saturated heterocycles. The Morgan fingerprint density at radius 3 is 2.58 bits per heavy atom. The molecule has 5 heteroatoms. The molecule has 1 N–H and O–H groups in total. The Morgan fingerprint density at radius 2 is 2.05 bits per heavy atom. The van der Waals surface area contributed by atoms with Gasteiger partial charge in [0.15, 0.2) is 13.1 Å². The van der Waals surface area contributed by atoms with Crippen LogP contribution in [0.15, 0.2) is 18.2 Å². The lowest BCUT2D eigenvalue weighted by atomic mass is 9.95. The van der Waals surface area contributed by atoms with Gasteiger partial charge in [0.25, 0.3) is 0 Å². The van der Waals surface area contributed by atoms with Crippen molar-refractivity contribution in [1.29, 1.82) is 0 Å². The lowest BCUT2D eigenvalue weighted by Gasteiger charge is -2.19. The molecule has 0 bridgehead atoms. The first kappa shape index (κ1) is 15.2. The van der Waals surface area contributed by atoms with Crippen molar-refractivity contribution in [2.24, 2.45) is 5.41 Å². The third-order valence-corrected chi connectivity index (χ3v) is 2.45. The molecule has 0 unspecified atom stereocenters. The van der Waals surface area contributed by atoms with E-state index in [-0.39, 0.29) is 12.7 Å². The average molecular weight is 265 g/mol. The fourth-order valence-electron chi connectivity index (χ4n) is 1.33. The lowest BCUT2D eigenvalue weighted by molar-refractivity contribution is -0.123. The van der Waals surface area contributed by atoms with E-state index < -0.39 is 5.41 Å². The van der Waals surface area contributed by atoms with Crippen molar-refractivity contribution in [3.63, 3.8) is 0 Å². The Bertz CT molecular complexity index is 463. The third-order valence-electron chi connectivity index (χ3n) is 2.45. The standard InChI is InChI=1S/C14H19NO4/c1-14(2,3)13(17)15-11-6-5-7-12(10(11)8-16)19-9-18-4/h5-8H,9H2,1-4H3,(H,15,17). The Balaban J connectivity index is 3.01. The monoisotopic (exact) mass is 265 g/mol. The zero-order chi connectivity index (χ0) is 14.5. The van der Waals surface area contributed by atoms with Crippen molar-refractivity contribution >= 4 is 17.9 Å². The van der Waals surface area contributed by atoms with Crippen LogP contribution in [0.25, 0.3) is 0 Å². The fraction of sp³-hybridized carbons (Fsp3) is 0.429. The number of hydrogen-bond donors (Lipinski definition) is 1. The van der Waals surface area contributed by atoms with Gasteiger partial charge in [-0.2, -0.15) is 0 Å². The van der Waals surface area contributed by atoms with Gasteiger partial charge in [-0.15, -0.1) is 0 Å². The molecule has 0 saturated carbocycles. The average Bonchev–Trinajstić information content (AvgIpc) is 2.35. The highest BCUT2D eigenvalue weighted by Gasteiger charge is 2.22. The zero-order valence-corrected chi connectivity index (χ0v) is 11.6. The molecular formula is C14H19NO4. The van der Waals surface area contributed by atoms with Crippen molar-refractivity contribution in [3.8, 4) is 5.75 Å². The van der Waals surface area contributed by atoms with Crippen LogP contribution in [0.1, 0.15) is 31.1 Å². The number of benzene rings is 1. The molecule has 1 aromatic carbocycles. The maximum atomic E-state index is 11.9. The Hall–Kier alpha value is -1.88. The number of rotatable bonds is 5. The Morgan fingerprint density at radius 1 is 1.37 bits per heavy atom. The highest BCUT2D eigenvalue weighted by molar-refractivity contribution is 6.00. The van der Waals surface area contributed by atoms with Crippen molar-refractivity contribution in [1.82, 2.24) is 0 Å². The van der Waals surface area contributed by atoms with Gasteiger partial charge < -0.3 is 14.8 Å². The molecule has 0 fully saturated rings. The van der Waals surface area contributed by atoms with Gasteiger partial charge in [-0.05, 0) is 12.1 Å². The fourth-order valence-corrected chi connectivity index (χ4v) is 1.33. The zero-order valence-electron chi connectivity index (χ0n) is 11.6. The lowest BCUT2D eigenvalue weighted by Crippen LogP contribution is -2.28. The van der Waals surface area contributed by atoms with Crippen molar-refractivity contribution in [3.05, 3.63) is 23.8 Å². The third kappa shape index (κ3) is 4.06. The molecule has 0 heterocycles. The highest BCUT2D eigenvalue weighted by atomic mass is 16.7. The molecule has 1 aromatic rings. The summed E-state index contributed by atoms with van der Waals surface area (Å²) >= 11 is 0. The van der Waals surface area contributed by atoms with E-state index in [1.165, 1.54) is 7.11 Å². The van der Waals surface area contributed by atoms with Gasteiger partial charge in [-0.1, -0.05) is 26.8 Å². The molecule has 19 heavy (non-hydrogen) atoms. The van der Waals surface area contributed by atoms with E-state index in [4.69, 9.17) is 9.47 Å². The molecule has 104 valence electrons. The molecule has 0 aliphatic rings. The Kier molecular flexibility index (Phi) is 5.06. The van der Waals surface area contributed by atoms with E-state index in [1.54, 1.807) is 39.0 Å². The molecule has 5 nitrogen and oxygen atoms in total. The molecule has 0 aromatic heterocycles. The van der Waals surface area contributed by atoms with Gasteiger partial charge in [0.2, 0.25) is 5.91 Å². The largest absolute Gasteiger partial charge is 0.467 e. The number of ether oxygens (including phenoxy) is 2. The van der Waals surface area contributed by atoms with Crippen LogP contribution in [-0.4, -0.2) is 26.1 Å². The molecular weight excluding hydrogens is 246 g/mol. The van der Waals surface area contributed by atoms with Crippen LogP contribution in [0.4, 0.5) is 5.69 Å². The second kappa shape index (κ2) is 6.33. The number of carbonyl (C=O) groups is 2. The van der Waals surface area contributed by atoms with E-state index in [1.807, 2.05) is 0 Å². The predicted molar refractivity (Wildman–Crippen MR) is 72.4 cm³/mol. The summed E-state index contributed by atoms with van der Waals surface area (Å²) in [5, 5.41) is 2.73. The van der Waals surface area contributed by atoms with Crippen LogP contribution < -0.4 is 10.1 Å². The number of anilines is 1. The van der Waals surface area contributed by atoms with Crippen molar-refractivity contribution in [2.45, 2.75) is 20.8 Å². The summed E-state index contributed by atoms with van der Waals surface area (Å²) in [6, 6.07) is 5.01. The van der Waals surface area contributed by atoms with Crippen LogP contribution >= 0.6 is 0 Å². The molecule has 0 atom stereocenters. The van der Waals surface area contributed by atoms with Crippen LogP contribution in [0.3, 0.4) is 0 Å². The molecule has 1 rings (SSSR count). The molecule has 1 amide bonds.